The molecule has 4 heteroatoms. The van der Waals surface area contributed by atoms with Crippen LogP contribution in [0.15, 0.2) is 30.3 Å². The van der Waals surface area contributed by atoms with Gasteiger partial charge >= 0.3 is 0 Å². The van der Waals surface area contributed by atoms with Crippen molar-refractivity contribution in [3.05, 3.63) is 35.9 Å². The van der Waals surface area contributed by atoms with Gasteiger partial charge in [0.15, 0.2) is 5.78 Å². The Kier molecular flexibility index (Phi) is 3.76. The predicted molar refractivity (Wildman–Crippen MR) is 53.2 cm³/mol. The van der Waals surface area contributed by atoms with Gasteiger partial charge in [0, 0.05) is 0 Å². The number of nitrogens with one attached hydrogen (secondary N) is 1. The van der Waals surface area contributed by atoms with E-state index in [0.717, 1.165) is 5.56 Å². The zero-order valence-corrected chi connectivity index (χ0v) is 7.97. The molecule has 4 N–H and O–H groups in total. The van der Waals surface area contributed by atoms with Gasteiger partial charge in [-0.3, -0.25) is 10.6 Å². The molecule has 0 heterocycles. The smallest absolute Gasteiger partial charge is 0.160 e. The molecule has 0 amide bonds. The molecule has 1 aromatic carbocycles. The van der Waals surface area contributed by atoms with Gasteiger partial charge in [0.1, 0.15) is 6.10 Å². The molecule has 14 heavy (non-hydrogen) atoms. The molecule has 2 atom stereocenters. The predicted octanol–water partition coefficient (Wildman–Crippen LogP) is 0.141. The van der Waals surface area contributed by atoms with E-state index in [4.69, 9.17) is 5.84 Å². The second-order valence-corrected chi connectivity index (χ2v) is 3.11. The average Bonchev–Trinajstić information content (AvgIpc) is 2.20. The van der Waals surface area contributed by atoms with Gasteiger partial charge in [-0.2, -0.15) is 0 Å². The number of ketones is 1. The van der Waals surface area contributed by atoms with Crippen molar-refractivity contribution in [2.24, 2.45) is 5.84 Å². The summed E-state index contributed by atoms with van der Waals surface area (Å²) in [4.78, 5) is 11.0. The van der Waals surface area contributed by atoms with E-state index < -0.39 is 12.1 Å². The van der Waals surface area contributed by atoms with Crippen molar-refractivity contribution in [2.45, 2.75) is 19.1 Å². The summed E-state index contributed by atoms with van der Waals surface area (Å²) in [6, 6.07) is 8.57. The Morgan fingerprint density at radius 1 is 1.43 bits per heavy atom. The molecular weight excluding hydrogens is 180 g/mol. The molecule has 0 bridgehead atoms. The Bertz CT molecular complexity index is 300. The van der Waals surface area contributed by atoms with Crippen LogP contribution in [0.25, 0.3) is 0 Å². The molecule has 1 rings (SSSR count). The molecule has 1 aromatic rings. The fourth-order valence-corrected chi connectivity index (χ4v) is 1.26. The fraction of sp³-hybridized carbons (Fsp3) is 0.300. The highest BCUT2D eigenvalue weighted by Crippen LogP contribution is 2.15. The number of rotatable bonds is 4. The van der Waals surface area contributed by atoms with Crippen molar-refractivity contribution < 1.29 is 9.90 Å². The van der Waals surface area contributed by atoms with Crippen molar-refractivity contribution in [1.82, 2.24) is 5.43 Å². The summed E-state index contributed by atoms with van der Waals surface area (Å²) in [6.45, 7) is 1.33. The highest BCUT2D eigenvalue weighted by atomic mass is 16.3. The van der Waals surface area contributed by atoms with Crippen LogP contribution in [0.5, 0.6) is 0 Å². The highest BCUT2D eigenvalue weighted by Gasteiger charge is 2.23. The van der Waals surface area contributed by atoms with Crippen molar-refractivity contribution in [3.8, 4) is 0 Å². The molecular formula is C10H14N2O2. The molecule has 0 saturated carbocycles. The molecule has 1 unspecified atom stereocenters. The normalized spacial score (nSPS) is 14.8. The molecule has 76 valence electrons. The summed E-state index contributed by atoms with van der Waals surface area (Å²) < 4.78 is 0. The number of aliphatic hydroxyl groups is 1. The van der Waals surface area contributed by atoms with E-state index in [1.165, 1.54) is 6.92 Å². The van der Waals surface area contributed by atoms with Crippen LogP contribution in [0.3, 0.4) is 0 Å². The number of hydrazine groups is 1. The van der Waals surface area contributed by atoms with Crippen LogP contribution >= 0.6 is 0 Å². The maximum absolute atomic E-state index is 11.0. The van der Waals surface area contributed by atoms with Crippen molar-refractivity contribution in [2.75, 3.05) is 0 Å². The zero-order chi connectivity index (χ0) is 10.6. The number of carbonyl (C=O) groups excluding carboxylic acids is 1. The third kappa shape index (κ3) is 2.38. The van der Waals surface area contributed by atoms with Gasteiger partial charge < -0.3 is 5.11 Å². The standard InChI is InChI=1S/C10H14N2O2/c1-7(13)10(14)9(12-11)8-5-3-2-4-6-8/h2-6,9-10,12,14H,11H2,1H3/t9?,10-/m0/s1. The SMILES string of the molecule is CC(=O)[C@H](O)C(NN)c1ccccc1. The van der Waals surface area contributed by atoms with Gasteiger partial charge in [0.25, 0.3) is 0 Å². The Hall–Kier alpha value is -1.23. The summed E-state index contributed by atoms with van der Waals surface area (Å²) >= 11 is 0. The molecule has 0 aliphatic rings. The first-order chi connectivity index (χ1) is 6.66. The van der Waals surface area contributed by atoms with Gasteiger partial charge in [-0.25, -0.2) is 5.43 Å². The van der Waals surface area contributed by atoms with Gasteiger partial charge in [0.05, 0.1) is 6.04 Å². The minimum absolute atomic E-state index is 0.309. The Morgan fingerprint density at radius 3 is 2.43 bits per heavy atom. The van der Waals surface area contributed by atoms with Gasteiger partial charge in [-0.15, -0.1) is 0 Å². The maximum Gasteiger partial charge on any atom is 0.160 e. The first kappa shape index (κ1) is 10.8. The van der Waals surface area contributed by atoms with Crippen LogP contribution < -0.4 is 11.3 Å². The van der Waals surface area contributed by atoms with E-state index in [1.807, 2.05) is 18.2 Å². The maximum atomic E-state index is 11.0. The summed E-state index contributed by atoms with van der Waals surface area (Å²) in [6.07, 6.45) is -1.11. The van der Waals surface area contributed by atoms with Gasteiger partial charge in [-0.1, -0.05) is 30.3 Å². The first-order valence-corrected chi connectivity index (χ1v) is 4.36. The third-order valence-electron chi connectivity index (χ3n) is 2.07. The fourth-order valence-electron chi connectivity index (χ4n) is 1.26. The van der Waals surface area contributed by atoms with E-state index in [1.54, 1.807) is 12.1 Å². The molecule has 0 aromatic heterocycles. The van der Waals surface area contributed by atoms with E-state index in [0.29, 0.717) is 0 Å². The minimum Gasteiger partial charge on any atom is -0.383 e. The van der Waals surface area contributed by atoms with Gasteiger partial charge in [-0.05, 0) is 12.5 Å². The number of Topliss-reactive ketones (excluding diaryl/α,β-unsaturated/α-hetero) is 1. The van der Waals surface area contributed by atoms with Crippen LogP contribution in [0.4, 0.5) is 0 Å². The molecule has 0 aliphatic heterocycles. The Balaban J connectivity index is 2.87. The lowest BCUT2D eigenvalue weighted by Crippen LogP contribution is -2.39. The number of benzene rings is 1. The molecule has 4 nitrogen and oxygen atoms in total. The number of nitrogens with two attached hydrogens (primary N) is 1. The zero-order valence-electron chi connectivity index (χ0n) is 7.97. The van der Waals surface area contributed by atoms with Gasteiger partial charge in [0.2, 0.25) is 0 Å². The third-order valence-corrected chi connectivity index (χ3v) is 2.07. The molecule has 0 fully saturated rings. The second kappa shape index (κ2) is 4.85. The van der Waals surface area contributed by atoms with Crippen LogP contribution in [0.1, 0.15) is 18.5 Å². The van der Waals surface area contributed by atoms with Crippen LogP contribution in [0, 0.1) is 0 Å². The average molecular weight is 194 g/mol. The molecule has 0 aliphatic carbocycles. The second-order valence-electron chi connectivity index (χ2n) is 3.11. The lowest BCUT2D eigenvalue weighted by atomic mass is 10.00. The van der Waals surface area contributed by atoms with Crippen LogP contribution in [-0.4, -0.2) is 17.0 Å². The number of hydrogen-bond acceptors (Lipinski definition) is 4. The molecule has 0 spiro atoms. The largest absolute Gasteiger partial charge is 0.383 e. The monoisotopic (exact) mass is 194 g/mol. The summed E-state index contributed by atoms with van der Waals surface area (Å²) in [7, 11) is 0. The highest BCUT2D eigenvalue weighted by molar-refractivity contribution is 5.81. The van der Waals surface area contributed by atoms with E-state index >= 15 is 0 Å². The van der Waals surface area contributed by atoms with Crippen molar-refractivity contribution >= 4 is 5.78 Å². The molecule has 0 radical (unpaired) electrons. The topological polar surface area (TPSA) is 75.3 Å². The minimum atomic E-state index is -1.11. The first-order valence-electron chi connectivity index (χ1n) is 4.36. The lowest BCUT2D eigenvalue weighted by Gasteiger charge is -2.20. The quantitative estimate of drug-likeness (QED) is 0.471. The van der Waals surface area contributed by atoms with E-state index in [-0.39, 0.29) is 5.78 Å². The van der Waals surface area contributed by atoms with Crippen molar-refractivity contribution in [3.63, 3.8) is 0 Å². The number of hydrogen-bond donors (Lipinski definition) is 3. The summed E-state index contributed by atoms with van der Waals surface area (Å²) in [5.74, 6) is 4.97. The number of aliphatic hydroxyl groups excluding tert-OH is 1. The van der Waals surface area contributed by atoms with Crippen LogP contribution in [-0.2, 0) is 4.79 Å². The lowest BCUT2D eigenvalue weighted by molar-refractivity contribution is -0.126. The number of carbonyl (C=O) groups is 1. The van der Waals surface area contributed by atoms with E-state index in [2.05, 4.69) is 5.43 Å². The summed E-state index contributed by atoms with van der Waals surface area (Å²) in [5.41, 5.74) is 3.22. The van der Waals surface area contributed by atoms with Crippen molar-refractivity contribution in [1.29, 1.82) is 0 Å². The van der Waals surface area contributed by atoms with E-state index in [9.17, 15) is 9.90 Å². The Morgan fingerprint density at radius 2 is 2.00 bits per heavy atom. The summed E-state index contributed by atoms with van der Waals surface area (Å²) in [5, 5.41) is 9.55. The molecule has 0 saturated heterocycles. The Labute approximate surface area is 82.7 Å². The van der Waals surface area contributed by atoms with Crippen LogP contribution in [0.2, 0.25) is 0 Å².